The minimum atomic E-state index is -3.58. The smallest absolute Gasteiger partial charge is 0.325 e. The molecule has 7 heteroatoms. The van der Waals surface area contributed by atoms with Gasteiger partial charge in [-0.2, -0.15) is 0 Å². The highest BCUT2D eigenvalue weighted by Crippen LogP contribution is 2.04. The Bertz CT molecular complexity index is 277. The van der Waals surface area contributed by atoms with E-state index >= 15 is 0 Å². The Morgan fingerprint density at radius 1 is 1.57 bits per heavy atom. The highest BCUT2D eigenvalue weighted by atomic mass is 35.5. The van der Waals surface area contributed by atoms with E-state index in [2.05, 4.69) is 4.74 Å². The van der Waals surface area contributed by atoms with Crippen LogP contribution in [0.5, 0.6) is 0 Å². The summed E-state index contributed by atoms with van der Waals surface area (Å²) < 4.78 is 27.4. The van der Waals surface area contributed by atoms with E-state index in [4.69, 9.17) is 17.3 Å². The third kappa shape index (κ3) is 3.81. The van der Waals surface area contributed by atoms with E-state index in [1.54, 1.807) is 6.92 Å². The Morgan fingerprint density at radius 3 is 2.50 bits per heavy atom. The number of hydrogen-bond donors (Lipinski definition) is 1. The molecule has 0 aromatic rings. The lowest BCUT2D eigenvalue weighted by Crippen LogP contribution is -2.40. The molecule has 0 heterocycles. The number of carbonyl (C=O) groups is 1. The van der Waals surface area contributed by atoms with Gasteiger partial charge in [0.15, 0.2) is 15.1 Å². The standard InChI is InChI=1S/C7H14ClNO4S/c1-2-13-7(10)6(5-9)14(11,12)4-3-8/h6H,2-5,9H2,1H3. The van der Waals surface area contributed by atoms with Gasteiger partial charge in [0.25, 0.3) is 0 Å². The number of hydrogen-bond acceptors (Lipinski definition) is 5. The summed E-state index contributed by atoms with van der Waals surface area (Å²) in [6.45, 7) is 1.45. The average molecular weight is 244 g/mol. The van der Waals surface area contributed by atoms with E-state index in [1.165, 1.54) is 0 Å². The zero-order valence-corrected chi connectivity index (χ0v) is 9.47. The maximum atomic E-state index is 11.4. The van der Waals surface area contributed by atoms with Crippen LogP contribution in [0.15, 0.2) is 0 Å². The molecule has 84 valence electrons. The predicted molar refractivity (Wildman–Crippen MR) is 54.0 cm³/mol. The zero-order chi connectivity index (χ0) is 11.2. The van der Waals surface area contributed by atoms with E-state index in [1.807, 2.05) is 0 Å². The number of carbonyl (C=O) groups excluding carboxylic acids is 1. The number of alkyl halides is 1. The van der Waals surface area contributed by atoms with Crippen molar-refractivity contribution in [1.29, 1.82) is 0 Å². The molecule has 0 saturated heterocycles. The number of nitrogens with two attached hydrogens (primary N) is 1. The molecule has 0 bridgehead atoms. The quantitative estimate of drug-likeness (QED) is 0.504. The molecule has 1 atom stereocenters. The van der Waals surface area contributed by atoms with Gasteiger partial charge in [0, 0.05) is 12.4 Å². The lowest BCUT2D eigenvalue weighted by molar-refractivity contribution is -0.142. The highest BCUT2D eigenvalue weighted by molar-refractivity contribution is 7.92. The molecule has 2 N–H and O–H groups in total. The van der Waals surface area contributed by atoms with Crippen LogP contribution in [-0.2, 0) is 19.4 Å². The first-order valence-corrected chi connectivity index (χ1v) is 6.38. The minimum Gasteiger partial charge on any atom is -0.465 e. The molecule has 0 aromatic carbocycles. The third-order valence-corrected chi connectivity index (χ3v) is 4.00. The van der Waals surface area contributed by atoms with Crippen molar-refractivity contribution < 1.29 is 17.9 Å². The third-order valence-electron chi connectivity index (χ3n) is 1.56. The van der Waals surface area contributed by atoms with E-state index in [9.17, 15) is 13.2 Å². The van der Waals surface area contributed by atoms with Gasteiger partial charge in [-0.25, -0.2) is 8.42 Å². The molecule has 0 fully saturated rings. The second-order valence-electron chi connectivity index (χ2n) is 2.53. The first-order chi connectivity index (χ1) is 6.49. The van der Waals surface area contributed by atoms with Gasteiger partial charge < -0.3 is 10.5 Å². The van der Waals surface area contributed by atoms with Gasteiger partial charge in [-0.1, -0.05) is 0 Å². The molecule has 0 aliphatic carbocycles. The Kier molecular flexibility index (Phi) is 6.06. The summed E-state index contributed by atoms with van der Waals surface area (Å²) in [4.78, 5) is 11.2. The lowest BCUT2D eigenvalue weighted by Gasteiger charge is -2.13. The van der Waals surface area contributed by atoms with E-state index < -0.39 is 21.1 Å². The number of halogens is 1. The van der Waals surface area contributed by atoms with Crippen LogP contribution in [-0.4, -0.2) is 44.4 Å². The molecule has 0 radical (unpaired) electrons. The van der Waals surface area contributed by atoms with Gasteiger partial charge >= 0.3 is 5.97 Å². The summed E-state index contributed by atoms with van der Waals surface area (Å²) >= 11 is 5.30. The van der Waals surface area contributed by atoms with Crippen LogP contribution in [0.4, 0.5) is 0 Å². The summed E-state index contributed by atoms with van der Waals surface area (Å²) in [6, 6.07) is 0. The van der Waals surface area contributed by atoms with Gasteiger partial charge in [0.05, 0.1) is 12.4 Å². The number of rotatable bonds is 6. The highest BCUT2D eigenvalue weighted by Gasteiger charge is 2.31. The van der Waals surface area contributed by atoms with Crippen molar-refractivity contribution in [2.45, 2.75) is 12.2 Å². The second-order valence-corrected chi connectivity index (χ2v) is 5.21. The van der Waals surface area contributed by atoms with Crippen molar-refractivity contribution in [2.24, 2.45) is 5.73 Å². The van der Waals surface area contributed by atoms with Crippen molar-refractivity contribution in [1.82, 2.24) is 0 Å². The van der Waals surface area contributed by atoms with Crippen LogP contribution in [0.2, 0.25) is 0 Å². The Morgan fingerprint density at radius 2 is 2.14 bits per heavy atom. The molecule has 0 spiro atoms. The molecular formula is C7H14ClNO4S. The Labute approximate surface area is 88.5 Å². The molecular weight excluding hydrogens is 230 g/mol. The molecule has 0 aromatic heterocycles. The second kappa shape index (κ2) is 6.21. The summed E-state index contributed by atoms with van der Waals surface area (Å²) in [7, 11) is -3.58. The molecule has 0 amide bonds. The fourth-order valence-electron chi connectivity index (χ4n) is 0.874. The van der Waals surface area contributed by atoms with Crippen LogP contribution in [0, 0.1) is 0 Å². The minimum absolute atomic E-state index is 0.0573. The molecule has 0 aliphatic heterocycles. The van der Waals surface area contributed by atoms with Gasteiger partial charge in [-0.3, -0.25) is 4.79 Å². The molecule has 1 unspecified atom stereocenters. The fraction of sp³-hybridized carbons (Fsp3) is 0.857. The summed E-state index contributed by atoms with van der Waals surface area (Å²) in [5.41, 5.74) is 5.20. The molecule has 0 rings (SSSR count). The Balaban J connectivity index is 4.63. The molecule has 5 nitrogen and oxygen atoms in total. The van der Waals surface area contributed by atoms with E-state index in [0.29, 0.717) is 0 Å². The molecule has 14 heavy (non-hydrogen) atoms. The SMILES string of the molecule is CCOC(=O)C(CN)S(=O)(=O)CCCl. The maximum Gasteiger partial charge on any atom is 0.325 e. The van der Waals surface area contributed by atoms with Gasteiger partial charge in [0.2, 0.25) is 0 Å². The van der Waals surface area contributed by atoms with Crippen LogP contribution in [0.3, 0.4) is 0 Å². The molecule has 0 saturated carbocycles. The number of esters is 1. The van der Waals surface area contributed by atoms with E-state index in [-0.39, 0.29) is 24.8 Å². The summed E-state index contributed by atoms with van der Waals surface area (Å²) in [5, 5.41) is -1.29. The van der Waals surface area contributed by atoms with Crippen LogP contribution in [0.1, 0.15) is 6.92 Å². The van der Waals surface area contributed by atoms with Crippen molar-refractivity contribution in [2.75, 3.05) is 24.8 Å². The van der Waals surface area contributed by atoms with Gasteiger partial charge in [0.1, 0.15) is 0 Å². The van der Waals surface area contributed by atoms with Crippen LogP contribution >= 0.6 is 11.6 Å². The topological polar surface area (TPSA) is 86.5 Å². The maximum absolute atomic E-state index is 11.4. The first-order valence-electron chi connectivity index (χ1n) is 4.13. The monoisotopic (exact) mass is 243 g/mol. The van der Waals surface area contributed by atoms with Crippen molar-refractivity contribution in [3.05, 3.63) is 0 Å². The number of sulfone groups is 1. The van der Waals surface area contributed by atoms with Gasteiger partial charge in [-0.05, 0) is 6.92 Å². The predicted octanol–water partition coefficient (Wildman–Crippen LogP) is -0.470. The first kappa shape index (κ1) is 13.7. The van der Waals surface area contributed by atoms with Crippen LogP contribution < -0.4 is 5.73 Å². The Hall–Kier alpha value is -0.330. The van der Waals surface area contributed by atoms with E-state index in [0.717, 1.165) is 0 Å². The normalized spacial score (nSPS) is 13.6. The van der Waals surface area contributed by atoms with Crippen LogP contribution in [0.25, 0.3) is 0 Å². The van der Waals surface area contributed by atoms with Gasteiger partial charge in [-0.15, -0.1) is 11.6 Å². The zero-order valence-electron chi connectivity index (χ0n) is 7.90. The van der Waals surface area contributed by atoms with Crippen molar-refractivity contribution in [3.63, 3.8) is 0 Å². The fourth-order valence-corrected chi connectivity index (χ4v) is 2.67. The average Bonchev–Trinajstić information content (AvgIpc) is 2.04. The number of ether oxygens (including phenoxy) is 1. The lowest BCUT2D eigenvalue weighted by atomic mass is 10.4. The summed E-state index contributed by atoms with van der Waals surface area (Å²) in [6.07, 6.45) is 0. The largest absolute Gasteiger partial charge is 0.465 e. The summed E-state index contributed by atoms with van der Waals surface area (Å²) in [5.74, 6) is -1.13. The molecule has 0 aliphatic rings. The van der Waals surface area contributed by atoms with Crippen molar-refractivity contribution in [3.8, 4) is 0 Å². The van der Waals surface area contributed by atoms with Crippen molar-refractivity contribution >= 4 is 27.4 Å².